The molecule has 6 heteroatoms. The van der Waals surface area contributed by atoms with Crippen LogP contribution in [0.1, 0.15) is 31.1 Å². The number of anilines is 1. The Morgan fingerprint density at radius 2 is 1.95 bits per heavy atom. The summed E-state index contributed by atoms with van der Waals surface area (Å²) in [7, 11) is 0. The van der Waals surface area contributed by atoms with Crippen molar-refractivity contribution >= 4 is 29.2 Å². The molecular weight excluding hydrogens is 268 g/mol. The Balaban J connectivity index is 2.94. The molecule has 0 spiro atoms. The van der Waals surface area contributed by atoms with E-state index in [0.717, 1.165) is 0 Å². The van der Waals surface area contributed by atoms with E-state index >= 15 is 0 Å². The van der Waals surface area contributed by atoms with Crippen molar-refractivity contribution in [2.75, 3.05) is 5.73 Å². The van der Waals surface area contributed by atoms with Gasteiger partial charge in [0.05, 0.1) is 10.7 Å². The normalized spacial score (nSPS) is 12.8. The summed E-state index contributed by atoms with van der Waals surface area (Å²) in [5.74, 6) is -1.58. The highest BCUT2D eigenvalue weighted by Crippen LogP contribution is 2.22. The van der Waals surface area contributed by atoms with Crippen LogP contribution in [0.3, 0.4) is 0 Å². The Labute approximate surface area is 116 Å². The topological polar surface area (TPSA) is 92.4 Å². The van der Waals surface area contributed by atoms with Gasteiger partial charge in [-0.1, -0.05) is 32.4 Å². The number of carboxylic acid groups (broad SMARTS) is 1. The van der Waals surface area contributed by atoms with Crippen LogP contribution < -0.4 is 11.1 Å². The van der Waals surface area contributed by atoms with Crippen LogP contribution in [-0.2, 0) is 4.79 Å². The zero-order chi connectivity index (χ0) is 14.8. The van der Waals surface area contributed by atoms with E-state index in [4.69, 9.17) is 22.4 Å². The number of halogens is 1. The number of benzene rings is 1. The summed E-state index contributed by atoms with van der Waals surface area (Å²) in [5, 5.41) is 11.9. The molecule has 0 heterocycles. The van der Waals surface area contributed by atoms with Gasteiger partial charge in [-0.05, 0) is 23.6 Å². The van der Waals surface area contributed by atoms with Crippen LogP contribution in [0, 0.1) is 5.41 Å². The highest BCUT2D eigenvalue weighted by molar-refractivity contribution is 6.33. The highest BCUT2D eigenvalue weighted by atomic mass is 35.5. The number of nitrogens with one attached hydrogen (secondary N) is 1. The first-order valence-electron chi connectivity index (χ1n) is 5.71. The van der Waals surface area contributed by atoms with Gasteiger partial charge in [0, 0.05) is 5.56 Å². The third-order valence-corrected chi connectivity index (χ3v) is 2.98. The zero-order valence-electron chi connectivity index (χ0n) is 11.0. The van der Waals surface area contributed by atoms with E-state index < -0.39 is 23.3 Å². The van der Waals surface area contributed by atoms with Gasteiger partial charge in [0.15, 0.2) is 0 Å². The predicted octanol–water partition coefficient (Wildman–Crippen LogP) is 2.15. The summed E-state index contributed by atoms with van der Waals surface area (Å²) in [6, 6.07) is 3.42. The van der Waals surface area contributed by atoms with Gasteiger partial charge in [0.25, 0.3) is 5.91 Å². The van der Waals surface area contributed by atoms with Crippen LogP contribution in [0.5, 0.6) is 0 Å². The molecule has 0 saturated heterocycles. The summed E-state index contributed by atoms with van der Waals surface area (Å²) >= 11 is 5.83. The second-order valence-corrected chi connectivity index (χ2v) is 5.75. The van der Waals surface area contributed by atoms with Crippen LogP contribution in [-0.4, -0.2) is 23.0 Å². The molecule has 0 unspecified atom stereocenters. The number of hydrogen-bond acceptors (Lipinski definition) is 3. The number of amides is 1. The first-order valence-corrected chi connectivity index (χ1v) is 6.09. The molecule has 4 N–H and O–H groups in total. The molecule has 5 nitrogen and oxygen atoms in total. The third-order valence-electron chi connectivity index (χ3n) is 2.65. The number of carbonyl (C=O) groups is 2. The largest absolute Gasteiger partial charge is 0.480 e. The SMILES string of the molecule is CC(C)(C)[C@@H](NC(=O)c1ccc(N)c(Cl)c1)C(=O)O. The van der Waals surface area contributed by atoms with E-state index in [2.05, 4.69) is 5.32 Å². The Kier molecular flexibility index (Phi) is 4.42. The fourth-order valence-electron chi connectivity index (χ4n) is 1.53. The summed E-state index contributed by atoms with van der Waals surface area (Å²) in [6.45, 7) is 5.21. The van der Waals surface area contributed by atoms with Gasteiger partial charge in [-0.25, -0.2) is 4.79 Å². The quantitative estimate of drug-likeness (QED) is 0.742. The molecule has 0 aliphatic heterocycles. The maximum atomic E-state index is 12.0. The van der Waals surface area contributed by atoms with Crippen molar-refractivity contribution in [2.45, 2.75) is 26.8 Å². The average molecular weight is 285 g/mol. The number of nitrogens with two attached hydrogens (primary N) is 1. The minimum atomic E-state index is -1.08. The highest BCUT2D eigenvalue weighted by Gasteiger charge is 2.32. The molecule has 0 radical (unpaired) electrons. The summed E-state index contributed by atoms with van der Waals surface area (Å²) in [4.78, 5) is 23.2. The first kappa shape index (κ1) is 15.3. The van der Waals surface area contributed by atoms with Gasteiger partial charge < -0.3 is 16.2 Å². The fraction of sp³-hybridized carbons (Fsp3) is 0.385. The lowest BCUT2D eigenvalue weighted by molar-refractivity contribution is -0.142. The van der Waals surface area contributed by atoms with Crippen molar-refractivity contribution in [1.82, 2.24) is 5.32 Å². The van der Waals surface area contributed by atoms with E-state index in [-0.39, 0.29) is 10.6 Å². The summed E-state index contributed by atoms with van der Waals surface area (Å²) < 4.78 is 0. The van der Waals surface area contributed by atoms with Crippen molar-refractivity contribution in [3.05, 3.63) is 28.8 Å². The third kappa shape index (κ3) is 3.86. The molecule has 0 aliphatic carbocycles. The van der Waals surface area contributed by atoms with Crippen molar-refractivity contribution in [3.8, 4) is 0 Å². The van der Waals surface area contributed by atoms with E-state index in [0.29, 0.717) is 5.69 Å². The molecular formula is C13H17ClN2O3. The monoisotopic (exact) mass is 284 g/mol. The van der Waals surface area contributed by atoms with E-state index in [1.165, 1.54) is 18.2 Å². The van der Waals surface area contributed by atoms with Crippen molar-refractivity contribution < 1.29 is 14.7 Å². The van der Waals surface area contributed by atoms with Gasteiger partial charge in [0.1, 0.15) is 6.04 Å². The molecule has 104 valence electrons. The van der Waals surface area contributed by atoms with E-state index in [1.54, 1.807) is 20.8 Å². The fourth-order valence-corrected chi connectivity index (χ4v) is 1.71. The molecule has 1 atom stereocenters. The number of carboxylic acids is 1. The maximum absolute atomic E-state index is 12.0. The van der Waals surface area contributed by atoms with Crippen LogP contribution in [0.2, 0.25) is 5.02 Å². The number of carbonyl (C=O) groups excluding carboxylic acids is 1. The van der Waals surface area contributed by atoms with Gasteiger partial charge in [-0.2, -0.15) is 0 Å². The standard InChI is InChI=1S/C13H17ClN2O3/c1-13(2,3)10(12(18)19)16-11(17)7-4-5-9(15)8(14)6-7/h4-6,10H,15H2,1-3H3,(H,16,17)(H,18,19)/t10-/m0/s1. The minimum absolute atomic E-state index is 0.260. The van der Waals surface area contributed by atoms with Gasteiger partial charge in [-0.3, -0.25) is 4.79 Å². The molecule has 0 saturated carbocycles. The molecule has 1 amide bonds. The Morgan fingerprint density at radius 1 is 1.37 bits per heavy atom. The van der Waals surface area contributed by atoms with Crippen LogP contribution >= 0.6 is 11.6 Å². The van der Waals surface area contributed by atoms with Crippen molar-refractivity contribution in [3.63, 3.8) is 0 Å². The van der Waals surface area contributed by atoms with Crippen LogP contribution in [0.25, 0.3) is 0 Å². The lowest BCUT2D eigenvalue weighted by Crippen LogP contribution is -2.49. The number of aliphatic carboxylic acids is 1. The number of rotatable bonds is 3. The van der Waals surface area contributed by atoms with E-state index in [1.807, 2.05) is 0 Å². The number of hydrogen-bond donors (Lipinski definition) is 3. The van der Waals surface area contributed by atoms with Crippen molar-refractivity contribution in [1.29, 1.82) is 0 Å². The molecule has 1 aromatic rings. The molecule has 1 aromatic carbocycles. The Bertz CT molecular complexity index is 509. The first-order chi connectivity index (χ1) is 8.62. The van der Waals surface area contributed by atoms with Gasteiger partial charge in [-0.15, -0.1) is 0 Å². The second-order valence-electron chi connectivity index (χ2n) is 5.35. The summed E-state index contributed by atoms with van der Waals surface area (Å²) in [6.07, 6.45) is 0. The minimum Gasteiger partial charge on any atom is -0.480 e. The Hall–Kier alpha value is -1.75. The number of nitrogen functional groups attached to an aromatic ring is 1. The Morgan fingerprint density at radius 3 is 2.37 bits per heavy atom. The van der Waals surface area contributed by atoms with Gasteiger partial charge in [0.2, 0.25) is 0 Å². The molecule has 0 aliphatic rings. The average Bonchev–Trinajstić information content (AvgIpc) is 2.27. The molecule has 0 fully saturated rings. The van der Waals surface area contributed by atoms with Gasteiger partial charge >= 0.3 is 5.97 Å². The molecule has 0 aromatic heterocycles. The van der Waals surface area contributed by atoms with Crippen LogP contribution in [0.15, 0.2) is 18.2 Å². The van der Waals surface area contributed by atoms with Crippen LogP contribution in [0.4, 0.5) is 5.69 Å². The van der Waals surface area contributed by atoms with Crippen molar-refractivity contribution in [2.24, 2.45) is 5.41 Å². The maximum Gasteiger partial charge on any atom is 0.326 e. The molecule has 19 heavy (non-hydrogen) atoms. The zero-order valence-corrected chi connectivity index (χ0v) is 11.8. The molecule has 0 bridgehead atoms. The summed E-state index contributed by atoms with van der Waals surface area (Å²) in [5.41, 5.74) is 5.59. The predicted molar refractivity (Wildman–Crippen MR) is 74.2 cm³/mol. The lowest BCUT2D eigenvalue weighted by Gasteiger charge is -2.27. The smallest absolute Gasteiger partial charge is 0.326 e. The molecule has 1 rings (SSSR count). The lowest BCUT2D eigenvalue weighted by atomic mass is 9.86. The van der Waals surface area contributed by atoms with E-state index in [9.17, 15) is 9.59 Å². The second kappa shape index (κ2) is 5.48.